The molecule has 1 aromatic rings. The predicted molar refractivity (Wildman–Crippen MR) is 24.3 cm³/mol. The zero-order chi connectivity index (χ0) is 4.41. The van der Waals surface area contributed by atoms with Crippen molar-refractivity contribution in [1.82, 2.24) is 10.2 Å². The fraction of sp³-hybridized carbons (Fsp3) is 0.250. The van der Waals surface area contributed by atoms with Gasteiger partial charge < -0.3 is 11.8 Å². The molecule has 0 unspecified atom stereocenters. The summed E-state index contributed by atoms with van der Waals surface area (Å²) in [6.07, 6.45) is 2.19. The van der Waals surface area contributed by atoms with Crippen LogP contribution in [0.15, 0.2) is 4.42 Å². The van der Waals surface area contributed by atoms with Crippen molar-refractivity contribution >= 4 is 0 Å². The molecule has 4 heteroatoms. The number of rotatable bonds is 0. The topological polar surface area (TPSA) is 38.9 Å². The molecule has 0 fully saturated rings. The molecule has 8 heavy (non-hydrogen) atoms. The van der Waals surface area contributed by atoms with Gasteiger partial charge in [0, 0.05) is 0 Å². The maximum Gasteiger partial charge on any atom is 2.00 e. The summed E-state index contributed by atoms with van der Waals surface area (Å²) in [6.45, 7) is 1.71. The van der Waals surface area contributed by atoms with Crippen molar-refractivity contribution in [2.75, 3.05) is 0 Å². The molecule has 0 saturated carbocycles. The second kappa shape index (κ2) is 4.87. The first kappa shape index (κ1) is 10.7. The van der Waals surface area contributed by atoms with Crippen molar-refractivity contribution in [3.05, 3.63) is 19.7 Å². The fourth-order valence-electron chi connectivity index (χ4n) is 0.198. The van der Waals surface area contributed by atoms with Gasteiger partial charge >= 0.3 is 18.6 Å². The van der Waals surface area contributed by atoms with Crippen molar-refractivity contribution in [3.8, 4) is 0 Å². The Morgan fingerprint density at radius 2 is 2.25 bits per heavy atom. The van der Waals surface area contributed by atoms with E-state index in [-0.39, 0.29) is 26.0 Å². The van der Waals surface area contributed by atoms with E-state index in [0.29, 0.717) is 5.89 Å². The zero-order valence-electron chi connectivity index (χ0n) is 4.75. The van der Waals surface area contributed by atoms with E-state index in [4.69, 9.17) is 0 Å². The Hall–Kier alpha value is -0.276. The normalized spacial score (nSPS) is 6.62. The van der Waals surface area contributed by atoms with Crippen LogP contribution in [0.4, 0.5) is 0 Å². The number of aromatic nitrogens is 2. The van der Waals surface area contributed by atoms with Gasteiger partial charge in [-0.3, -0.25) is 0 Å². The first-order chi connectivity index (χ1) is 2.89. The Bertz CT molecular complexity index is 118. The maximum atomic E-state index is 4.49. The summed E-state index contributed by atoms with van der Waals surface area (Å²) >= 11 is 0. The summed E-state index contributed by atoms with van der Waals surface area (Å²) in [7, 11) is 0. The Labute approximate surface area is 60.4 Å². The van der Waals surface area contributed by atoms with Crippen LogP contribution in [0.2, 0.25) is 0 Å². The molecule has 1 radical (unpaired) electrons. The van der Waals surface area contributed by atoms with Gasteiger partial charge in [-0.2, -0.15) is 0 Å². The van der Waals surface area contributed by atoms with Gasteiger partial charge in [0.15, 0.2) is 0 Å². The molecule has 0 amide bonds. The second-order valence-electron chi connectivity index (χ2n) is 0.912. The molecule has 0 saturated heterocycles. The van der Waals surface area contributed by atoms with Crippen molar-refractivity contribution < 1.29 is 23.0 Å². The van der Waals surface area contributed by atoms with Gasteiger partial charge in [0.1, 0.15) is 0 Å². The first-order valence-corrected chi connectivity index (χ1v) is 1.56. The molecule has 1 heterocycles. The molecular formula is C4H6N2OV. The molecule has 0 bridgehead atoms. The van der Waals surface area contributed by atoms with Crippen LogP contribution in [-0.2, 0) is 18.6 Å². The average molecular weight is 149 g/mol. The van der Waals surface area contributed by atoms with Crippen LogP contribution >= 0.6 is 0 Å². The van der Waals surface area contributed by atoms with Gasteiger partial charge in [-0.05, 0) is 0 Å². The quantitative estimate of drug-likeness (QED) is 0.507. The summed E-state index contributed by atoms with van der Waals surface area (Å²) < 4.78 is 4.49. The smallest absolute Gasteiger partial charge is 0.613 e. The number of nitrogens with zero attached hydrogens (tertiary/aromatic N) is 2. The molecule has 3 nitrogen and oxygen atoms in total. The number of hydrogen-bond donors (Lipinski definition) is 0. The van der Waals surface area contributed by atoms with E-state index in [0.717, 1.165) is 0 Å². The van der Waals surface area contributed by atoms with E-state index in [1.165, 1.54) is 0 Å². The van der Waals surface area contributed by atoms with Gasteiger partial charge in [-0.15, -0.1) is 0 Å². The minimum absolute atomic E-state index is 0. The summed E-state index contributed by atoms with van der Waals surface area (Å²) in [5.41, 5.74) is 0. The standard InChI is InChI=1S/C3H3N2O.CH3.V/c1-3-5-4-2-6-3;;/h1H3;1H3;/q2*-1;+2. The van der Waals surface area contributed by atoms with Crippen LogP contribution in [-0.4, -0.2) is 10.2 Å². The largest absolute Gasteiger partial charge is 2.00 e. The van der Waals surface area contributed by atoms with Crippen molar-refractivity contribution in [2.24, 2.45) is 0 Å². The zero-order valence-corrected chi connectivity index (χ0v) is 6.15. The van der Waals surface area contributed by atoms with Gasteiger partial charge in [0.25, 0.3) is 0 Å². The molecule has 0 aliphatic heterocycles. The van der Waals surface area contributed by atoms with Crippen molar-refractivity contribution in [1.29, 1.82) is 0 Å². The summed E-state index contributed by atoms with van der Waals surface area (Å²) in [4.78, 5) is 0. The van der Waals surface area contributed by atoms with E-state index >= 15 is 0 Å². The summed E-state index contributed by atoms with van der Waals surface area (Å²) in [6, 6.07) is 0. The third kappa shape index (κ3) is 2.83. The van der Waals surface area contributed by atoms with Crippen LogP contribution in [0, 0.1) is 20.7 Å². The molecule has 0 aliphatic carbocycles. The number of hydrogen-bond acceptors (Lipinski definition) is 3. The van der Waals surface area contributed by atoms with Crippen molar-refractivity contribution in [2.45, 2.75) is 6.92 Å². The van der Waals surface area contributed by atoms with E-state index in [1.807, 2.05) is 0 Å². The van der Waals surface area contributed by atoms with E-state index in [9.17, 15) is 0 Å². The Morgan fingerprint density at radius 1 is 1.62 bits per heavy atom. The molecule has 1 aromatic heterocycles. The minimum atomic E-state index is 0. The van der Waals surface area contributed by atoms with E-state index in [1.54, 1.807) is 6.92 Å². The average Bonchev–Trinajstić information content (AvgIpc) is 1.86. The monoisotopic (exact) mass is 149 g/mol. The predicted octanol–water partition coefficient (Wildman–Crippen LogP) is 0.626. The SMILES string of the molecule is Cc1nn[c-]o1.[CH3-].[V+2]. The third-order valence-corrected chi connectivity index (χ3v) is 0.425. The molecule has 0 N–H and O–H groups in total. The van der Waals surface area contributed by atoms with Crippen LogP contribution in [0.3, 0.4) is 0 Å². The van der Waals surface area contributed by atoms with Crippen LogP contribution < -0.4 is 0 Å². The van der Waals surface area contributed by atoms with Crippen molar-refractivity contribution in [3.63, 3.8) is 0 Å². The molecule has 0 spiro atoms. The Balaban J connectivity index is 0. The molecular weight excluding hydrogens is 143 g/mol. The fourth-order valence-corrected chi connectivity index (χ4v) is 0.198. The Morgan fingerprint density at radius 3 is 2.38 bits per heavy atom. The molecule has 1 rings (SSSR count). The van der Waals surface area contributed by atoms with Gasteiger partial charge in [0.2, 0.25) is 0 Å². The van der Waals surface area contributed by atoms with Gasteiger partial charge in [-0.1, -0.05) is 6.92 Å². The van der Waals surface area contributed by atoms with Crippen LogP contribution in [0.1, 0.15) is 5.89 Å². The van der Waals surface area contributed by atoms with Crippen LogP contribution in [0.5, 0.6) is 0 Å². The minimum Gasteiger partial charge on any atom is -0.613 e. The summed E-state index contributed by atoms with van der Waals surface area (Å²) in [5.74, 6) is 0.551. The molecule has 0 atom stereocenters. The second-order valence-corrected chi connectivity index (χ2v) is 0.912. The van der Waals surface area contributed by atoms with Crippen LogP contribution in [0.25, 0.3) is 0 Å². The maximum absolute atomic E-state index is 4.49. The third-order valence-electron chi connectivity index (χ3n) is 0.425. The molecule has 43 valence electrons. The first-order valence-electron chi connectivity index (χ1n) is 1.56. The van der Waals surface area contributed by atoms with E-state index in [2.05, 4.69) is 21.0 Å². The molecule has 0 aromatic carbocycles. The van der Waals surface area contributed by atoms with E-state index < -0.39 is 0 Å². The number of aryl methyl sites for hydroxylation is 1. The Kier molecular flexibility index (Phi) is 6.49. The summed E-state index contributed by atoms with van der Waals surface area (Å²) in [5, 5.41) is 6.72. The molecule has 0 aliphatic rings. The van der Waals surface area contributed by atoms with Gasteiger partial charge in [-0.25, -0.2) is 10.2 Å². The van der Waals surface area contributed by atoms with Gasteiger partial charge in [0.05, 0.1) is 12.3 Å².